The average molecular weight is 282 g/mol. The maximum Gasteiger partial charge on any atom is 0.278 e. The second-order valence-corrected chi connectivity index (χ2v) is 4.92. The maximum absolute atomic E-state index is 11.2. The summed E-state index contributed by atoms with van der Waals surface area (Å²) in [5.74, 6) is 0.679. The number of nitrogens with two attached hydrogens (primary N) is 1. The van der Waals surface area contributed by atoms with Gasteiger partial charge < -0.3 is 20.3 Å². The molecule has 2 rings (SSSR count). The molecule has 0 fully saturated rings. The molecule has 0 saturated heterocycles. The third-order valence-electron chi connectivity index (χ3n) is 3.67. The van der Waals surface area contributed by atoms with Crippen LogP contribution in [0.1, 0.15) is 31.9 Å². The summed E-state index contributed by atoms with van der Waals surface area (Å²) < 4.78 is 10.3. The molecule has 7 nitrogen and oxygen atoms in total. The minimum absolute atomic E-state index is 0.0269. The van der Waals surface area contributed by atoms with Gasteiger partial charge in [0, 0.05) is 0 Å². The summed E-state index contributed by atoms with van der Waals surface area (Å²) in [4.78, 5) is 10.6. The summed E-state index contributed by atoms with van der Waals surface area (Å²) in [6.45, 7) is 3.80. The second kappa shape index (κ2) is 5.64. The number of aliphatic hydroxyl groups excluding tert-OH is 1. The quantitative estimate of drug-likeness (QED) is 0.629. The van der Waals surface area contributed by atoms with Crippen LogP contribution in [0.15, 0.2) is 12.1 Å². The zero-order valence-electron chi connectivity index (χ0n) is 11.4. The van der Waals surface area contributed by atoms with Crippen molar-refractivity contribution in [2.45, 2.75) is 32.4 Å². The van der Waals surface area contributed by atoms with E-state index in [2.05, 4.69) is 0 Å². The SMILES string of the molecule is CCC(C)[C@H](O)[C@H](N)c1cc2c(cc1[N+](=O)[O-])OCO2. The molecular formula is C13H18N2O5. The fraction of sp³-hybridized carbons (Fsp3) is 0.538. The summed E-state index contributed by atoms with van der Waals surface area (Å²) in [5, 5.41) is 21.3. The first-order chi connectivity index (χ1) is 9.45. The largest absolute Gasteiger partial charge is 0.454 e. The number of ether oxygens (including phenoxy) is 2. The van der Waals surface area contributed by atoms with E-state index in [1.165, 1.54) is 12.1 Å². The number of fused-ring (bicyclic) bond motifs is 1. The highest BCUT2D eigenvalue weighted by atomic mass is 16.7. The fourth-order valence-electron chi connectivity index (χ4n) is 2.15. The van der Waals surface area contributed by atoms with Crippen LogP contribution in [-0.2, 0) is 0 Å². The Balaban J connectivity index is 2.41. The highest BCUT2D eigenvalue weighted by Crippen LogP contribution is 2.40. The maximum atomic E-state index is 11.2. The first kappa shape index (κ1) is 14.5. The smallest absolute Gasteiger partial charge is 0.278 e. The number of rotatable bonds is 5. The van der Waals surface area contributed by atoms with Gasteiger partial charge in [0.2, 0.25) is 6.79 Å². The highest BCUT2D eigenvalue weighted by molar-refractivity contribution is 5.56. The molecule has 1 unspecified atom stereocenters. The number of aliphatic hydroxyl groups is 1. The number of nitro groups is 1. The predicted octanol–water partition coefficient (Wildman–Crippen LogP) is 1.73. The van der Waals surface area contributed by atoms with Gasteiger partial charge >= 0.3 is 0 Å². The van der Waals surface area contributed by atoms with Crippen molar-refractivity contribution in [3.63, 3.8) is 0 Å². The molecule has 0 aliphatic carbocycles. The number of nitrogens with zero attached hydrogens (tertiary/aromatic N) is 1. The first-order valence-electron chi connectivity index (χ1n) is 6.47. The molecule has 3 atom stereocenters. The molecule has 1 heterocycles. The van der Waals surface area contributed by atoms with E-state index in [0.717, 1.165) is 6.42 Å². The molecule has 0 aromatic heterocycles. The minimum Gasteiger partial charge on any atom is -0.454 e. The van der Waals surface area contributed by atoms with Crippen molar-refractivity contribution in [1.29, 1.82) is 0 Å². The fourth-order valence-corrected chi connectivity index (χ4v) is 2.15. The lowest BCUT2D eigenvalue weighted by atomic mass is 9.90. The summed E-state index contributed by atoms with van der Waals surface area (Å²) in [5.41, 5.74) is 6.09. The zero-order chi connectivity index (χ0) is 14.9. The molecule has 0 bridgehead atoms. The molecule has 1 aliphatic heterocycles. The standard InChI is InChI=1S/C13H18N2O5/c1-3-7(2)13(16)12(14)8-4-10-11(20-6-19-10)5-9(8)15(17)18/h4-5,7,12-13,16H,3,6,14H2,1-2H3/t7?,12-,13+/m1/s1. The number of benzene rings is 1. The van der Waals surface area contributed by atoms with Crippen molar-refractivity contribution >= 4 is 5.69 Å². The van der Waals surface area contributed by atoms with Crippen molar-refractivity contribution in [2.75, 3.05) is 6.79 Å². The van der Waals surface area contributed by atoms with E-state index in [9.17, 15) is 15.2 Å². The molecule has 1 aromatic rings. The van der Waals surface area contributed by atoms with Gasteiger partial charge in [0.25, 0.3) is 5.69 Å². The van der Waals surface area contributed by atoms with Crippen molar-refractivity contribution in [3.05, 3.63) is 27.8 Å². The van der Waals surface area contributed by atoms with Gasteiger partial charge in [0.15, 0.2) is 11.5 Å². The van der Waals surface area contributed by atoms with E-state index in [4.69, 9.17) is 15.2 Å². The van der Waals surface area contributed by atoms with Crippen LogP contribution in [0.2, 0.25) is 0 Å². The molecule has 20 heavy (non-hydrogen) atoms. The van der Waals surface area contributed by atoms with E-state index >= 15 is 0 Å². The van der Waals surface area contributed by atoms with Crippen molar-refractivity contribution < 1.29 is 19.5 Å². The lowest BCUT2D eigenvalue weighted by Crippen LogP contribution is -2.32. The van der Waals surface area contributed by atoms with Crippen LogP contribution in [0.5, 0.6) is 11.5 Å². The van der Waals surface area contributed by atoms with Gasteiger partial charge in [-0.3, -0.25) is 10.1 Å². The van der Waals surface area contributed by atoms with E-state index in [1.54, 1.807) is 0 Å². The normalized spacial score (nSPS) is 17.6. The molecule has 0 spiro atoms. The van der Waals surface area contributed by atoms with E-state index in [-0.39, 0.29) is 24.0 Å². The number of hydrogen-bond donors (Lipinski definition) is 2. The van der Waals surface area contributed by atoms with Gasteiger partial charge in [0.05, 0.1) is 28.7 Å². The van der Waals surface area contributed by atoms with Gasteiger partial charge in [-0.05, 0) is 12.0 Å². The van der Waals surface area contributed by atoms with Crippen LogP contribution in [-0.4, -0.2) is 22.9 Å². The predicted molar refractivity (Wildman–Crippen MR) is 71.6 cm³/mol. The van der Waals surface area contributed by atoms with Crippen LogP contribution >= 0.6 is 0 Å². The Bertz CT molecular complexity index is 520. The van der Waals surface area contributed by atoms with Crippen molar-refractivity contribution in [2.24, 2.45) is 11.7 Å². The van der Waals surface area contributed by atoms with Crippen molar-refractivity contribution in [3.8, 4) is 11.5 Å². The monoisotopic (exact) mass is 282 g/mol. The zero-order valence-corrected chi connectivity index (χ0v) is 11.4. The first-order valence-corrected chi connectivity index (χ1v) is 6.47. The van der Waals surface area contributed by atoms with Gasteiger partial charge in [-0.1, -0.05) is 20.3 Å². The molecule has 3 N–H and O–H groups in total. The second-order valence-electron chi connectivity index (χ2n) is 4.92. The van der Waals surface area contributed by atoms with Gasteiger partial charge in [0.1, 0.15) is 0 Å². The minimum atomic E-state index is -0.862. The topological polar surface area (TPSA) is 108 Å². The molecule has 1 aliphatic rings. The summed E-state index contributed by atoms with van der Waals surface area (Å²) in [7, 11) is 0. The number of hydrogen-bond acceptors (Lipinski definition) is 6. The van der Waals surface area contributed by atoms with E-state index in [0.29, 0.717) is 11.5 Å². The number of nitro benzene ring substituents is 1. The van der Waals surface area contributed by atoms with Crippen LogP contribution in [0.3, 0.4) is 0 Å². The Morgan fingerprint density at radius 1 is 1.45 bits per heavy atom. The Morgan fingerprint density at radius 2 is 2.05 bits per heavy atom. The van der Waals surface area contributed by atoms with Gasteiger partial charge in [-0.2, -0.15) is 0 Å². The molecule has 0 saturated carbocycles. The van der Waals surface area contributed by atoms with Crippen molar-refractivity contribution in [1.82, 2.24) is 0 Å². The Labute approximate surface area is 116 Å². The Kier molecular flexibility index (Phi) is 4.10. The van der Waals surface area contributed by atoms with Gasteiger partial charge in [-0.15, -0.1) is 0 Å². The third kappa shape index (κ3) is 2.54. The molecule has 0 radical (unpaired) electrons. The van der Waals surface area contributed by atoms with Crippen LogP contribution in [0.25, 0.3) is 0 Å². The summed E-state index contributed by atoms with van der Waals surface area (Å²) in [6, 6.07) is 1.93. The highest BCUT2D eigenvalue weighted by Gasteiger charge is 2.31. The Morgan fingerprint density at radius 3 is 2.60 bits per heavy atom. The summed E-state index contributed by atoms with van der Waals surface area (Å²) >= 11 is 0. The summed E-state index contributed by atoms with van der Waals surface area (Å²) in [6.07, 6.45) is -0.133. The van der Waals surface area contributed by atoms with Gasteiger partial charge in [-0.25, -0.2) is 0 Å². The Hall–Kier alpha value is -1.86. The van der Waals surface area contributed by atoms with Crippen LogP contribution in [0.4, 0.5) is 5.69 Å². The lowest BCUT2D eigenvalue weighted by molar-refractivity contribution is -0.385. The van der Waals surface area contributed by atoms with E-state index < -0.39 is 17.1 Å². The van der Waals surface area contributed by atoms with Crippen LogP contribution < -0.4 is 15.2 Å². The third-order valence-corrected chi connectivity index (χ3v) is 3.67. The molecule has 110 valence electrons. The lowest BCUT2D eigenvalue weighted by Gasteiger charge is -2.24. The van der Waals surface area contributed by atoms with E-state index in [1.807, 2.05) is 13.8 Å². The molecule has 0 amide bonds. The molecule has 7 heteroatoms. The molecular weight excluding hydrogens is 264 g/mol. The van der Waals surface area contributed by atoms with Crippen LogP contribution in [0, 0.1) is 16.0 Å². The molecule has 1 aromatic carbocycles. The average Bonchev–Trinajstić information content (AvgIpc) is 2.90.